The molecule has 5 heteroatoms. The lowest BCUT2D eigenvalue weighted by molar-refractivity contribution is -0.117. The summed E-state index contributed by atoms with van der Waals surface area (Å²) in [6, 6.07) is 4.02. The van der Waals surface area contributed by atoms with Crippen LogP contribution >= 0.6 is 11.3 Å². The van der Waals surface area contributed by atoms with E-state index in [1.807, 2.05) is 17.5 Å². The molecule has 0 saturated heterocycles. The van der Waals surface area contributed by atoms with Gasteiger partial charge in [0.05, 0.1) is 16.3 Å². The molecule has 0 fully saturated rings. The van der Waals surface area contributed by atoms with E-state index in [0.717, 1.165) is 34.8 Å². The minimum absolute atomic E-state index is 0.0260. The average Bonchev–Trinajstić information content (AvgIpc) is 2.97. The molecule has 0 saturated carbocycles. The van der Waals surface area contributed by atoms with Crippen LogP contribution in [0.15, 0.2) is 17.5 Å². The van der Waals surface area contributed by atoms with Gasteiger partial charge >= 0.3 is 0 Å². The summed E-state index contributed by atoms with van der Waals surface area (Å²) in [5.41, 5.74) is 2.66. The van der Waals surface area contributed by atoms with E-state index in [4.69, 9.17) is 0 Å². The normalized spacial score (nSPS) is 11.6. The Hall–Kier alpha value is -1.62. The monoisotopic (exact) mass is 305 g/mol. The molecule has 1 amide bonds. The van der Waals surface area contributed by atoms with Crippen LogP contribution in [0, 0.1) is 5.41 Å². The van der Waals surface area contributed by atoms with E-state index in [1.54, 1.807) is 11.3 Å². The van der Waals surface area contributed by atoms with Gasteiger partial charge in [0.15, 0.2) is 0 Å². The lowest BCUT2D eigenvalue weighted by Gasteiger charge is -2.17. The fraction of sp³-hybridized carbons (Fsp3) is 0.500. The first-order valence-electron chi connectivity index (χ1n) is 7.31. The smallest absolute Gasteiger partial charge is 0.225 e. The number of thiophene rings is 1. The van der Waals surface area contributed by atoms with Gasteiger partial charge in [0.2, 0.25) is 5.91 Å². The Balaban J connectivity index is 2.27. The number of aryl methyl sites for hydroxylation is 1. The van der Waals surface area contributed by atoms with Crippen molar-refractivity contribution in [2.45, 2.75) is 47.0 Å². The second kappa shape index (κ2) is 6.43. The molecule has 4 nitrogen and oxygen atoms in total. The summed E-state index contributed by atoms with van der Waals surface area (Å²) >= 11 is 1.63. The first kappa shape index (κ1) is 15.8. The van der Waals surface area contributed by atoms with Gasteiger partial charge in [-0.05, 0) is 23.3 Å². The Morgan fingerprint density at radius 3 is 2.76 bits per heavy atom. The summed E-state index contributed by atoms with van der Waals surface area (Å²) in [7, 11) is 0. The van der Waals surface area contributed by atoms with Crippen LogP contribution in [-0.2, 0) is 11.2 Å². The molecule has 2 rings (SSSR count). The molecule has 0 radical (unpaired) electrons. The van der Waals surface area contributed by atoms with Crippen molar-refractivity contribution in [3.63, 3.8) is 0 Å². The first-order valence-corrected chi connectivity index (χ1v) is 8.19. The average molecular weight is 305 g/mol. The van der Waals surface area contributed by atoms with E-state index < -0.39 is 0 Å². The Bertz CT molecular complexity index is 594. The maximum absolute atomic E-state index is 12.3. The van der Waals surface area contributed by atoms with Crippen molar-refractivity contribution in [3.8, 4) is 10.6 Å². The lowest BCUT2D eigenvalue weighted by Crippen LogP contribution is -2.20. The molecule has 21 heavy (non-hydrogen) atoms. The molecule has 114 valence electrons. The van der Waals surface area contributed by atoms with Crippen LogP contribution in [-0.4, -0.2) is 16.1 Å². The largest absolute Gasteiger partial charge is 0.323 e. The molecule has 2 aromatic rings. The van der Waals surface area contributed by atoms with Crippen molar-refractivity contribution in [2.24, 2.45) is 5.41 Å². The van der Waals surface area contributed by atoms with Crippen LogP contribution in [0.1, 0.15) is 46.2 Å². The van der Waals surface area contributed by atoms with Crippen molar-refractivity contribution >= 4 is 22.9 Å². The van der Waals surface area contributed by atoms with Crippen LogP contribution < -0.4 is 5.32 Å². The Morgan fingerprint density at radius 2 is 2.19 bits per heavy atom. The second-order valence-electron chi connectivity index (χ2n) is 6.44. The predicted molar refractivity (Wildman–Crippen MR) is 88.6 cm³/mol. The van der Waals surface area contributed by atoms with E-state index >= 15 is 0 Å². The number of hydrogen-bond donors (Lipinski definition) is 2. The molecule has 2 aromatic heterocycles. The van der Waals surface area contributed by atoms with Gasteiger partial charge in [-0.3, -0.25) is 9.89 Å². The Morgan fingerprint density at radius 1 is 1.43 bits per heavy atom. The number of anilines is 1. The van der Waals surface area contributed by atoms with Crippen LogP contribution in [0.4, 0.5) is 5.69 Å². The fourth-order valence-corrected chi connectivity index (χ4v) is 2.92. The number of nitrogens with one attached hydrogen (secondary N) is 2. The van der Waals surface area contributed by atoms with Gasteiger partial charge in [-0.25, -0.2) is 0 Å². The molecule has 0 aliphatic rings. The van der Waals surface area contributed by atoms with E-state index in [9.17, 15) is 4.79 Å². The molecule has 0 aliphatic heterocycles. The standard InChI is InChI=1S/C16H23N3OS/c1-5-7-11-14(17-13(20)10-16(2,3)4)15(19-18-11)12-8-6-9-21-12/h6,8-9H,5,7,10H2,1-4H3,(H,17,20)(H,18,19). The van der Waals surface area contributed by atoms with Crippen LogP contribution in [0.2, 0.25) is 0 Å². The summed E-state index contributed by atoms with van der Waals surface area (Å²) in [6.07, 6.45) is 2.38. The lowest BCUT2D eigenvalue weighted by atomic mass is 9.92. The zero-order valence-corrected chi connectivity index (χ0v) is 13.9. The van der Waals surface area contributed by atoms with Crippen molar-refractivity contribution in [1.82, 2.24) is 10.2 Å². The van der Waals surface area contributed by atoms with Crippen molar-refractivity contribution in [1.29, 1.82) is 0 Å². The zero-order chi connectivity index (χ0) is 15.5. The third kappa shape index (κ3) is 4.17. The van der Waals surface area contributed by atoms with Gasteiger partial charge in [0.25, 0.3) is 0 Å². The molecule has 2 N–H and O–H groups in total. The minimum atomic E-state index is -0.0260. The summed E-state index contributed by atoms with van der Waals surface area (Å²) in [4.78, 5) is 13.3. The topological polar surface area (TPSA) is 57.8 Å². The third-order valence-electron chi connectivity index (χ3n) is 3.05. The van der Waals surface area contributed by atoms with Crippen molar-refractivity contribution in [2.75, 3.05) is 5.32 Å². The number of rotatable bonds is 5. The number of aromatic amines is 1. The number of H-pyrrole nitrogens is 1. The van der Waals surface area contributed by atoms with Gasteiger partial charge in [-0.15, -0.1) is 11.3 Å². The molecule has 0 bridgehead atoms. The summed E-state index contributed by atoms with van der Waals surface area (Å²) in [6.45, 7) is 8.31. The highest BCUT2D eigenvalue weighted by atomic mass is 32.1. The van der Waals surface area contributed by atoms with Crippen LogP contribution in [0.25, 0.3) is 10.6 Å². The number of carbonyl (C=O) groups excluding carboxylic acids is 1. The maximum atomic E-state index is 12.3. The number of nitrogens with zero attached hydrogens (tertiary/aromatic N) is 1. The van der Waals surface area contributed by atoms with Gasteiger partial charge in [-0.1, -0.05) is 40.2 Å². The van der Waals surface area contributed by atoms with Crippen LogP contribution in [0.3, 0.4) is 0 Å². The SMILES string of the molecule is CCCc1[nH]nc(-c2cccs2)c1NC(=O)CC(C)(C)C. The molecule has 2 heterocycles. The van der Waals surface area contributed by atoms with Gasteiger partial charge in [-0.2, -0.15) is 5.10 Å². The maximum Gasteiger partial charge on any atom is 0.225 e. The zero-order valence-electron chi connectivity index (χ0n) is 13.1. The molecule has 0 aliphatic carbocycles. The predicted octanol–water partition coefficient (Wildman–Crippen LogP) is 4.47. The quantitative estimate of drug-likeness (QED) is 0.856. The summed E-state index contributed by atoms with van der Waals surface area (Å²) < 4.78 is 0. The third-order valence-corrected chi connectivity index (χ3v) is 3.93. The summed E-state index contributed by atoms with van der Waals surface area (Å²) in [5.74, 6) is 0.0408. The highest BCUT2D eigenvalue weighted by molar-refractivity contribution is 7.13. The first-order chi connectivity index (χ1) is 9.90. The van der Waals surface area contributed by atoms with Gasteiger partial charge < -0.3 is 5.32 Å². The van der Waals surface area contributed by atoms with Gasteiger partial charge in [0, 0.05) is 6.42 Å². The number of aromatic nitrogens is 2. The minimum Gasteiger partial charge on any atom is -0.323 e. The van der Waals surface area contributed by atoms with E-state index in [-0.39, 0.29) is 11.3 Å². The van der Waals surface area contributed by atoms with Crippen molar-refractivity contribution in [3.05, 3.63) is 23.2 Å². The van der Waals surface area contributed by atoms with Gasteiger partial charge in [0.1, 0.15) is 5.69 Å². The highest BCUT2D eigenvalue weighted by Gasteiger charge is 2.21. The highest BCUT2D eigenvalue weighted by Crippen LogP contribution is 2.33. The molecular formula is C16H23N3OS. The second-order valence-corrected chi connectivity index (χ2v) is 7.39. The number of carbonyl (C=O) groups is 1. The number of hydrogen-bond acceptors (Lipinski definition) is 3. The molecule has 0 spiro atoms. The van der Waals surface area contributed by atoms with E-state index in [0.29, 0.717) is 6.42 Å². The van der Waals surface area contributed by atoms with Crippen molar-refractivity contribution < 1.29 is 4.79 Å². The summed E-state index contributed by atoms with van der Waals surface area (Å²) in [5, 5.41) is 12.6. The molecular weight excluding hydrogens is 282 g/mol. The Labute approximate surface area is 130 Å². The molecule has 0 aromatic carbocycles. The fourth-order valence-electron chi connectivity index (χ4n) is 2.20. The van der Waals surface area contributed by atoms with Crippen LogP contribution in [0.5, 0.6) is 0 Å². The van der Waals surface area contributed by atoms with E-state index in [2.05, 4.69) is 43.2 Å². The van der Waals surface area contributed by atoms with E-state index in [1.165, 1.54) is 0 Å². The Kier molecular flexibility index (Phi) is 4.83. The molecule has 0 unspecified atom stereocenters. The molecule has 0 atom stereocenters. The number of amides is 1.